The van der Waals surface area contributed by atoms with E-state index in [4.69, 9.17) is 5.73 Å². The molecule has 5 nitrogen and oxygen atoms in total. The molecular weight excluding hydrogens is 194 g/mol. The van der Waals surface area contributed by atoms with Gasteiger partial charge in [-0.3, -0.25) is 9.59 Å². The molecular formula is C10H19N3O2. The van der Waals surface area contributed by atoms with Gasteiger partial charge in [-0.2, -0.15) is 0 Å². The largest absolute Gasteiger partial charge is 0.346 e. The smallest absolute Gasteiger partial charge is 0.241 e. The van der Waals surface area contributed by atoms with Crippen molar-refractivity contribution < 1.29 is 9.59 Å². The molecule has 0 aromatic heterocycles. The van der Waals surface area contributed by atoms with Crippen LogP contribution in [0.2, 0.25) is 0 Å². The molecule has 3 N–H and O–H groups in total. The lowest BCUT2D eigenvalue weighted by Crippen LogP contribution is -2.42. The van der Waals surface area contributed by atoms with Crippen molar-refractivity contribution in [1.29, 1.82) is 0 Å². The summed E-state index contributed by atoms with van der Waals surface area (Å²) in [5.74, 6) is -0.281. The minimum absolute atomic E-state index is 0.00120. The van der Waals surface area contributed by atoms with E-state index in [0.29, 0.717) is 0 Å². The molecule has 1 rings (SSSR count). The zero-order chi connectivity index (χ0) is 11.1. The SMILES string of the molecule is NCC(=O)NCC(=O)N1CCCCCC1. The van der Waals surface area contributed by atoms with E-state index >= 15 is 0 Å². The summed E-state index contributed by atoms with van der Waals surface area (Å²) >= 11 is 0. The van der Waals surface area contributed by atoms with Crippen molar-refractivity contribution in [2.24, 2.45) is 5.73 Å². The highest BCUT2D eigenvalue weighted by molar-refractivity contribution is 5.85. The third-order valence-corrected chi connectivity index (χ3v) is 2.58. The van der Waals surface area contributed by atoms with Gasteiger partial charge < -0.3 is 16.0 Å². The van der Waals surface area contributed by atoms with Crippen LogP contribution in [0.3, 0.4) is 0 Å². The molecule has 0 radical (unpaired) electrons. The molecule has 86 valence electrons. The van der Waals surface area contributed by atoms with Gasteiger partial charge in [0.25, 0.3) is 0 Å². The zero-order valence-corrected chi connectivity index (χ0v) is 9.00. The van der Waals surface area contributed by atoms with Crippen LogP contribution in [0.25, 0.3) is 0 Å². The lowest BCUT2D eigenvalue weighted by atomic mass is 10.2. The molecule has 1 aliphatic heterocycles. The van der Waals surface area contributed by atoms with Crippen molar-refractivity contribution in [1.82, 2.24) is 10.2 Å². The molecule has 0 saturated carbocycles. The first kappa shape index (κ1) is 12.0. The Balaban J connectivity index is 2.28. The van der Waals surface area contributed by atoms with Crippen molar-refractivity contribution in [3.05, 3.63) is 0 Å². The standard InChI is InChI=1S/C10H19N3O2/c11-7-9(14)12-8-10(15)13-5-3-1-2-4-6-13/h1-8,11H2,(H,12,14). The predicted molar refractivity (Wildman–Crippen MR) is 57.1 cm³/mol. The maximum Gasteiger partial charge on any atom is 0.241 e. The molecule has 1 fully saturated rings. The number of carbonyl (C=O) groups is 2. The van der Waals surface area contributed by atoms with Gasteiger partial charge in [0.1, 0.15) is 0 Å². The highest BCUT2D eigenvalue weighted by Gasteiger charge is 2.15. The van der Waals surface area contributed by atoms with Gasteiger partial charge in [-0.05, 0) is 12.8 Å². The van der Waals surface area contributed by atoms with Crippen LogP contribution in [-0.2, 0) is 9.59 Å². The van der Waals surface area contributed by atoms with Crippen molar-refractivity contribution in [2.45, 2.75) is 25.7 Å². The van der Waals surface area contributed by atoms with Gasteiger partial charge in [-0.1, -0.05) is 12.8 Å². The summed E-state index contributed by atoms with van der Waals surface area (Å²) < 4.78 is 0. The summed E-state index contributed by atoms with van der Waals surface area (Å²) in [5, 5.41) is 2.49. The zero-order valence-electron chi connectivity index (χ0n) is 9.00. The van der Waals surface area contributed by atoms with E-state index in [2.05, 4.69) is 5.32 Å². The van der Waals surface area contributed by atoms with Gasteiger partial charge in [-0.25, -0.2) is 0 Å². The summed E-state index contributed by atoms with van der Waals surface area (Å²) in [6.07, 6.45) is 4.52. The first-order valence-corrected chi connectivity index (χ1v) is 5.48. The maximum absolute atomic E-state index is 11.6. The van der Waals surface area contributed by atoms with E-state index in [1.165, 1.54) is 12.8 Å². The van der Waals surface area contributed by atoms with E-state index in [1.807, 2.05) is 4.90 Å². The Bertz CT molecular complexity index is 223. The number of likely N-dealkylation sites (tertiary alicyclic amines) is 1. The van der Waals surface area contributed by atoms with Crippen molar-refractivity contribution in [3.8, 4) is 0 Å². The molecule has 2 amide bonds. The molecule has 0 bridgehead atoms. The monoisotopic (exact) mass is 213 g/mol. The van der Waals surface area contributed by atoms with Crippen LogP contribution in [0.5, 0.6) is 0 Å². The van der Waals surface area contributed by atoms with Crippen LogP contribution in [-0.4, -0.2) is 42.9 Å². The quantitative estimate of drug-likeness (QED) is 0.661. The Labute approximate surface area is 90.0 Å². The lowest BCUT2D eigenvalue weighted by molar-refractivity contribution is -0.132. The summed E-state index contributed by atoms with van der Waals surface area (Å²) in [5.41, 5.74) is 5.12. The first-order valence-electron chi connectivity index (χ1n) is 5.48. The molecule has 1 aliphatic rings. The topological polar surface area (TPSA) is 75.4 Å². The Hall–Kier alpha value is -1.10. The minimum Gasteiger partial charge on any atom is -0.346 e. The van der Waals surface area contributed by atoms with Gasteiger partial charge in [-0.15, -0.1) is 0 Å². The van der Waals surface area contributed by atoms with Crippen LogP contribution >= 0.6 is 0 Å². The van der Waals surface area contributed by atoms with Crippen LogP contribution in [0.15, 0.2) is 0 Å². The Morgan fingerprint density at radius 2 is 1.73 bits per heavy atom. The fourth-order valence-corrected chi connectivity index (χ4v) is 1.68. The maximum atomic E-state index is 11.6. The molecule has 0 unspecified atom stereocenters. The van der Waals surface area contributed by atoms with E-state index in [0.717, 1.165) is 25.9 Å². The summed E-state index contributed by atoms with van der Waals surface area (Å²) in [4.78, 5) is 24.3. The van der Waals surface area contributed by atoms with Crippen LogP contribution in [0, 0.1) is 0 Å². The first-order chi connectivity index (χ1) is 7.24. The average molecular weight is 213 g/mol. The third-order valence-electron chi connectivity index (χ3n) is 2.58. The second-order valence-electron chi connectivity index (χ2n) is 3.78. The van der Waals surface area contributed by atoms with Crippen LogP contribution < -0.4 is 11.1 Å². The molecule has 0 aromatic rings. The Kier molecular flexibility index (Phi) is 5.10. The molecule has 0 aromatic carbocycles. The van der Waals surface area contributed by atoms with Gasteiger partial charge in [0, 0.05) is 13.1 Å². The molecule has 0 spiro atoms. The molecule has 15 heavy (non-hydrogen) atoms. The number of hydrogen-bond acceptors (Lipinski definition) is 3. The molecule has 1 saturated heterocycles. The second kappa shape index (κ2) is 6.40. The highest BCUT2D eigenvalue weighted by Crippen LogP contribution is 2.09. The Morgan fingerprint density at radius 3 is 2.27 bits per heavy atom. The molecule has 1 heterocycles. The number of hydrogen-bond donors (Lipinski definition) is 2. The third kappa shape index (κ3) is 4.29. The molecule has 0 atom stereocenters. The lowest BCUT2D eigenvalue weighted by Gasteiger charge is -2.20. The molecule has 5 heteroatoms. The number of nitrogens with two attached hydrogens (primary N) is 1. The van der Waals surface area contributed by atoms with Crippen LogP contribution in [0.1, 0.15) is 25.7 Å². The van der Waals surface area contributed by atoms with E-state index in [1.54, 1.807) is 0 Å². The van der Waals surface area contributed by atoms with Gasteiger partial charge in [0.2, 0.25) is 11.8 Å². The number of carbonyl (C=O) groups excluding carboxylic acids is 2. The number of nitrogens with zero attached hydrogens (tertiary/aromatic N) is 1. The predicted octanol–water partition coefficient (Wildman–Crippen LogP) is -0.536. The fraction of sp³-hybridized carbons (Fsp3) is 0.800. The number of amides is 2. The normalized spacial score (nSPS) is 17.0. The fourth-order valence-electron chi connectivity index (χ4n) is 1.68. The van der Waals surface area contributed by atoms with E-state index < -0.39 is 0 Å². The van der Waals surface area contributed by atoms with Crippen molar-refractivity contribution in [3.63, 3.8) is 0 Å². The molecule has 0 aliphatic carbocycles. The minimum atomic E-state index is -0.279. The van der Waals surface area contributed by atoms with Gasteiger partial charge in [0.15, 0.2) is 0 Å². The average Bonchev–Trinajstić information content (AvgIpc) is 2.53. The van der Waals surface area contributed by atoms with Crippen molar-refractivity contribution >= 4 is 11.8 Å². The van der Waals surface area contributed by atoms with E-state index in [-0.39, 0.29) is 24.9 Å². The highest BCUT2D eigenvalue weighted by atomic mass is 16.2. The number of rotatable bonds is 3. The van der Waals surface area contributed by atoms with Gasteiger partial charge in [0.05, 0.1) is 13.1 Å². The Morgan fingerprint density at radius 1 is 1.13 bits per heavy atom. The van der Waals surface area contributed by atoms with Crippen LogP contribution in [0.4, 0.5) is 0 Å². The summed E-state index contributed by atoms with van der Waals surface area (Å²) in [7, 11) is 0. The van der Waals surface area contributed by atoms with E-state index in [9.17, 15) is 9.59 Å². The summed E-state index contributed by atoms with van der Waals surface area (Å²) in [6.45, 7) is 1.65. The van der Waals surface area contributed by atoms with Gasteiger partial charge >= 0.3 is 0 Å². The second-order valence-corrected chi connectivity index (χ2v) is 3.78. The van der Waals surface area contributed by atoms with Crippen molar-refractivity contribution in [2.75, 3.05) is 26.2 Å². The number of nitrogens with one attached hydrogen (secondary N) is 1. The summed E-state index contributed by atoms with van der Waals surface area (Å²) in [6, 6.07) is 0.